The summed E-state index contributed by atoms with van der Waals surface area (Å²) in [4.78, 5) is 137. The van der Waals surface area contributed by atoms with Gasteiger partial charge in [-0.05, 0) is 57.8 Å². The monoisotopic (exact) mass is 1730 g/mol. The zero-order valence-corrected chi connectivity index (χ0v) is 69.2. The van der Waals surface area contributed by atoms with Gasteiger partial charge in [0, 0.05) is 125 Å². The molecule has 3 rings (SSSR count). The minimum atomic E-state index is -1.51. The van der Waals surface area contributed by atoms with E-state index < -0.39 is 165 Å². The molecule has 3 saturated heterocycles. The van der Waals surface area contributed by atoms with Gasteiger partial charge < -0.3 is 171 Å². The molecule has 3 aliphatic heterocycles. The lowest BCUT2D eigenvalue weighted by Crippen LogP contribution is -2.64. The van der Waals surface area contributed by atoms with E-state index in [0.717, 1.165) is 0 Å². The fourth-order valence-corrected chi connectivity index (χ4v) is 12.0. The smallest absolute Gasteiger partial charge is 0.305 e. The number of aliphatic hydroxyl groups excluding tert-OH is 9. The van der Waals surface area contributed by atoms with Crippen LogP contribution in [0.25, 0.3) is 0 Å². The standard InChI is InChI=1S/C75H134N10O35/c1-49(89)82-63-69(104)66(101)52(43-86)118-72(63)115-27-7-4-13-55(92)76-21-10-24-79-58(95)16-31-112-46-75(85-61(98)19-30-107-35-37-109-39-41-111-42-40-110-38-36-108-34-20-62(99)100,47-113-32-17-59(96)80-25-11-22-77-56(93)14-5-8-28-116-73-64(83-50(2)90)70(105)67(102)53(44-87)119-73)48-114-33-18-60(97)81-26-12-23-78-57(94)15-6-9-29-117-74-65(84-51(3)91)71(106)68(103)54(45-88)120-74/h52-54,63-74,86-88,101-106H,4-48H2,1-3H3,(H,76,92)(H,77,93)(H,78,94)(H,79,95)(H,80,96)(H,81,97)(H,82,89)(H,83,90)(H,84,91)(H,85,98)(H,99,100)/t52-,53-,54-,63-,64-,65-,66+,67+,68+,69-,70-,71-,72?,73?,74?,75?/m1/s1. The lowest BCUT2D eigenvalue weighted by molar-refractivity contribution is -0.270. The van der Waals surface area contributed by atoms with E-state index in [9.17, 15) is 98.7 Å². The van der Waals surface area contributed by atoms with E-state index in [1.807, 2.05) is 0 Å². The largest absolute Gasteiger partial charge is 0.481 e. The topological polar surface area (TPSA) is 640 Å². The number of carbonyl (C=O) groups is 11. The number of amides is 10. The first-order valence-electron chi connectivity index (χ1n) is 40.9. The molecule has 0 bridgehead atoms. The molecule has 3 heterocycles. The van der Waals surface area contributed by atoms with Gasteiger partial charge in [0.05, 0.1) is 132 Å². The van der Waals surface area contributed by atoms with Gasteiger partial charge in [0.1, 0.15) is 78.6 Å². The Labute approximate surface area is 698 Å². The molecule has 45 nitrogen and oxygen atoms in total. The van der Waals surface area contributed by atoms with Gasteiger partial charge in [-0.3, -0.25) is 52.7 Å². The summed E-state index contributed by atoms with van der Waals surface area (Å²) < 4.78 is 79.3. The minimum Gasteiger partial charge on any atom is -0.481 e. The zero-order chi connectivity index (χ0) is 88.3. The molecular weight excluding hydrogens is 1600 g/mol. The molecule has 0 aliphatic carbocycles. The van der Waals surface area contributed by atoms with Crippen LogP contribution in [0.3, 0.4) is 0 Å². The Morgan fingerprint density at radius 2 is 0.533 bits per heavy atom. The molecule has 3 aliphatic rings. The summed E-state index contributed by atoms with van der Waals surface area (Å²) in [6, 6.07) is -3.32. The molecule has 0 saturated carbocycles. The van der Waals surface area contributed by atoms with Gasteiger partial charge in [-0.1, -0.05) is 0 Å². The molecule has 3 unspecified atom stereocenters. The maximum Gasteiger partial charge on any atom is 0.305 e. The van der Waals surface area contributed by atoms with E-state index in [0.29, 0.717) is 57.8 Å². The van der Waals surface area contributed by atoms with Gasteiger partial charge in [-0.25, -0.2) is 0 Å². The SMILES string of the molecule is CC(=O)N[C@H]1C(OCCCCC(=O)NCCCNC(=O)CCOCC(COCCC(=O)NCCCNC(=O)CCCCOC2O[C@H](CO)[C@H](O)[C@H](O)[C@H]2NC(C)=O)(COCCC(=O)NCCCNC(=O)CCCCOC2O[C@H](CO)[C@H](O)[C@H](O)[C@H]2NC(C)=O)NC(=O)CCOCCOCCOCCOCCOCCC(=O)O)O[C@H](CO)[C@H](O)[C@@H]1O. The van der Waals surface area contributed by atoms with Crippen LogP contribution >= 0.6 is 0 Å². The van der Waals surface area contributed by atoms with Gasteiger partial charge in [-0.2, -0.15) is 0 Å². The van der Waals surface area contributed by atoms with Crippen LogP contribution in [0.4, 0.5) is 0 Å². The highest BCUT2D eigenvalue weighted by atomic mass is 16.7. The second kappa shape index (κ2) is 65.0. The summed E-state index contributed by atoms with van der Waals surface area (Å²) in [5.41, 5.74) is -1.51. The third-order valence-electron chi connectivity index (χ3n) is 18.4. The first kappa shape index (κ1) is 107. The van der Waals surface area contributed by atoms with E-state index >= 15 is 0 Å². The van der Waals surface area contributed by atoms with Crippen LogP contribution in [0, 0.1) is 0 Å². The lowest BCUT2D eigenvalue weighted by Gasteiger charge is -2.42. The number of carboxylic acids is 1. The first-order chi connectivity index (χ1) is 57.6. The number of hydrogen-bond acceptors (Lipinski definition) is 34. The molecule has 45 heteroatoms. The highest BCUT2D eigenvalue weighted by molar-refractivity contribution is 5.79. The quantitative estimate of drug-likeness (QED) is 0.0252. The summed E-state index contributed by atoms with van der Waals surface area (Å²) in [5.74, 6) is -5.02. The average Bonchev–Trinajstić information content (AvgIpc) is 0.819. The van der Waals surface area contributed by atoms with E-state index in [-0.39, 0.29) is 234 Å². The van der Waals surface area contributed by atoms with Gasteiger partial charge in [0.2, 0.25) is 59.1 Å². The predicted molar refractivity (Wildman–Crippen MR) is 416 cm³/mol. The van der Waals surface area contributed by atoms with Gasteiger partial charge in [0.25, 0.3) is 0 Å². The number of carboxylic acid groups (broad SMARTS) is 1. The molecule has 20 N–H and O–H groups in total. The Bertz CT molecular complexity index is 2660. The minimum absolute atomic E-state index is 0.0598. The number of aliphatic carboxylic acids is 1. The summed E-state index contributed by atoms with van der Waals surface area (Å²) >= 11 is 0. The molecule has 120 heavy (non-hydrogen) atoms. The molecule has 10 amide bonds. The van der Waals surface area contributed by atoms with Crippen LogP contribution in [0.5, 0.6) is 0 Å². The van der Waals surface area contributed by atoms with Crippen LogP contribution in [-0.4, -0.2) is 398 Å². The van der Waals surface area contributed by atoms with Crippen molar-refractivity contribution in [3.63, 3.8) is 0 Å². The van der Waals surface area contributed by atoms with Crippen LogP contribution < -0.4 is 53.2 Å². The molecule has 0 aromatic heterocycles. The van der Waals surface area contributed by atoms with Crippen molar-refractivity contribution < 1.29 is 170 Å². The molecule has 0 spiro atoms. The molecular formula is C75H134N10O35. The van der Waals surface area contributed by atoms with Gasteiger partial charge >= 0.3 is 5.97 Å². The van der Waals surface area contributed by atoms with Crippen molar-refractivity contribution in [1.82, 2.24) is 53.2 Å². The Kier molecular flexibility index (Phi) is 58.1. The molecule has 694 valence electrons. The van der Waals surface area contributed by atoms with Crippen molar-refractivity contribution in [3.8, 4) is 0 Å². The summed E-state index contributed by atoms with van der Waals surface area (Å²) in [6.45, 7) is 3.69. The Balaban J connectivity index is 1.57. The Morgan fingerprint density at radius 1 is 0.292 bits per heavy atom. The highest BCUT2D eigenvalue weighted by Gasteiger charge is 2.48. The molecule has 3 fully saturated rings. The summed E-state index contributed by atoms with van der Waals surface area (Å²) in [5, 5.41) is 127. The van der Waals surface area contributed by atoms with Crippen molar-refractivity contribution in [3.05, 3.63) is 0 Å². The Morgan fingerprint density at radius 3 is 0.792 bits per heavy atom. The van der Waals surface area contributed by atoms with Crippen molar-refractivity contribution in [2.24, 2.45) is 0 Å². The molecule has 0 radical (unpaired) electrons. The maximum absolute atomic E-state index is 13.9. The predicted octanol–water partition coefficient (Wildman–Crippen LogP) is -7.73. The highest BCUT2D eigenvalue weighted by Crippen LogP contribution is 2.26. The molecule has 0 aromatic rings. The molecule has 0 aromatic carbocycles. The number of hydrogen-bond donors (Lipinski definition) is 20. The first-order valence-corrected chi connectivity index (χ1v) is 40.9. The van der Waals surface area contributed by atoms with Crippen LogP contribution in [0.1, 0.15) is 130 Å². The fourth-order valence-electron chi connectivity index (χ4n) is 12.0. The summed E-state index contributed by atoms with van der Waals surface area (Å²) in [6.07, 6.45) is -12.7. The number of nitrogens with one attached hydrogen (secondary N) is 10. The lowest BCUT2D eigenvalue weighted by atomic mass is 9.97. The third kappa shape index (κ3) is 47.8. The van der Waals surface area contributed by atoms with Crippen LogP contribution in [-0.2, 0) is 119 Å². The van der Waals surface area contributed by atoms with E-state index in [1.165, 1.54) is 20.8 Å². The maximum atomic E-state index is 13.9. The third-order valence-corrected chi connectivity index (χ3v) is 18.4. The van der Waals surface area contributed by atoms with Crippen molar-refractivity contribution in [1.29, 1.82) is 0 Å². The second-order valence-electron chi connectivity index (χ2n) is 28.6. The normalized spacial score (nSPS) is 23.3. The zero-order valence-electron chi connectivity index (χ0n) is 69.2. The summed E-state index contributed by atoms with van der Waals surface area (Å²) in [7, 11) is 0. The average molecular weight is 1740 g/mol. The van der Waals surface area contributed by atoms with Crippen molar-refractivity contribution in [2.45, 2.75) is 227 Å². The second-order valence-corrected chi connectivity index (χ2v) is 28.6. The van der Waals surface area contributed by atoms with Gasteiger partial charge in [0.15, 0.2) is 18.9 Å². The van der Waals surface area contributed by atoms with Crippen LogP contribution in [0.15, 0.2) is 0 Å². The number of ether oxygens (including phenoxy) is 14. The van der Waals surface area contributed by atoms with Crippen molar-refractivity contribution in [2.75, 3.05) is 185 Å². The Hall–Kier alpha value is -6.75. The van der Waals surface area contributed by atoms with Crippen molar-refractivity contribution >= 4 is 65.0 Å². The number of rotatable bonds is 70. The molecule has 15 atom stereocenters. The van der Waals surface area contributed by atoms with E-state index in [1.54, 1.807) is 0 Å². The fraction of sp³-hybridized carbons (Fsp3) is 0.853. The number of unbranched alkanes of at least 4 members (excludes halogenated alkanes) is 3. The van der Waals surface area contributed by atoms with Gasteiger partial charge in [-0.15, -0.1) is 0 Å². The van der Waals surface area contributed by atoms with E-state index in [4.69, 9.17) is 71.4 Å². The number of carbonyl (C=O) groups excluding carboxylic acids is 10. The van der Waals surface area contributed by atoms with Crippen LogP contribution in [0.2, 0.25) is 0 Å². The van der Waals surface area contributed by atoms with E-state index in [2.05, 4.69) is 53.2 Å². The number of aliphatic hydroxyl groups is 9.